The summed E-state index contributed by atoms with van der Waals surface area (Å²) in [5.41, 5.74) is 0.428. The molecule has 3 aromatic heterocycles. The summed E-state index contributed by atoms with van der Waals surface area (Å²) in [5.74, 6) is -0.619. The first-order valence-electron chi connectivity index (χ1n) is 5.47. The van der Waals surface area contributed by atoms with Crippen LogP contribution in [0.4, 0.5) is 0 Å². The van der Waals surface area contributed by atoms with E-state index in [4.69, 9.17) is 4.42 Å². The third-order valence-corrected chi connectivity index (χ3v) is 4.84. The van der Waals surface area contributed by atoms with Gasteiger partial charge >= 0.3 is 5.76 Å². The van der Waals surface area contributed by atoms with Gasteiger partial charge in [0.15, 0.2) is 9.84 Å². The van der Waals surface area contributed by atoms with E-state index in [9.17, 15) is 13.2 Å². The number of thiophene rings is 1. The topological polar surface area (TPSA) is 98.0 Å². The van der Waals surface area contributed by atoms with Crippen LogP contribution in [0.3, 0.4) is 0 Å². The van der Waals surface area contributed by atoms with E-state index in [-0.39, 0.29) is 10.8 Å². The van der Waals surface area contributed by atoms with Crippen LogP contribution in [0.1, 0.15) is 0 Å². The van der Waals surface area contributed by atoms with Gasteiger partial charge in [0.25, 0.3) is 5.89 Å². The summed E-state index contributed by atoms with van der Waals surface area (Å²) >= 11 is 1.15. The van der Waals surface area contributed by atoms with Gasteiger partial charge in [-0.25, -0.2) is 18.3 Å². The molecule has 0 aliphatic heterocycles. The molecule has 3 heterocycles. The Kier molecular flexibility index (Phi) is 2.87. The van der Waals surface area contributed by atoms with Gasteiger partial charge < -0.3 is 8.98 Å². The fourth-order valence-corrected chi connectivity index (χ4v) is 4.12. The molecule has 0 aliphatic rings. The SMILES string of the molecule is CS(=O)(=O)c1csc(-c2n[nH]c(=O)o2)c1-n1cccc1. The van der Waals surface area contributed by atoms with Crippen LogP contribution in [-0.4, -0.2) is 29.4 Å². The Balaban J connectivity index is 2.32. The van der Waals surface area contributed by atoms with Gasteiger partial charge in [-0.05, 0) is 12.1 Å². The van der Waals surface area contributed by atoms with E-state index in [0.717, 1.165) is 17.6 Å². The van der Waals surface area contributed by atoms with Gasteiger partial charge in [0.05, 0.1) is 5.69 Å². The van der Waals surface area contributed by atoms with Crippen LogP contribution in [0.15, 0.2) is 44.0 Å². The summed E-state index contributed by atoms with van der Waals surface area (Å²) in [6.07, 6.45) is 4.56. The molecule has 1 N–H and O–H groups in total. The number of hydrogen-bond acceptors (Lipinski definition) is 6. The molecule has 0 aromatic carbocycles. The second-order valence-corrected chi connectivity index (χ2v) is 6.92. The van der Waals surface area contributed by atoms with Crippen LogP contribution in [0.5, 0.6) is 0 Å². The van der Waals surface area contributed by atoms with E-state index in [0.29, 0.717) is 10.6 Å². The Morgan fingerprint density at radius 3 is 2.60 bits per heavy atom. The van der Waals surface area contributed by atoms with Crippen LogP contribution in [-0.2, 0) is 9.84 Å². The van der Waals surface area contributed by atoms with Crippen molar-refractivity contribution in [3.8, 4) is 16.5 Å². The standard InChI is InChI=1S/C11H9N3O4S2/c1-20(16,17)7-6-19-9(10-12-13-11(15)18-10)8(7)14-4-2-3-5-14/h2-6H,1H3,(H,13,15). The van der Waals surface area contributed by atoms with Crippen LogP contribution >= 0.6 is 11.3 Å². The van der Waals surface area contributed by atoms with Crippen molar-refractivity contribution in [2.45, 2.75) is 4.90 Å². The van der Waals surface area contributed by atoms with Crippen LogP contribution in [0.2, 0.25) is 0 Å². The molecule has 0 unspecified atom stereocenters. The van der Waals surface area contributed by atoms with E-state index in [1.54, 1.807) is 29.1 Å². The average molecular weight is 311 g/mol. The Hall–Kier alpha value is -2.13. The summed E-state index contributed by atoms with van der Waals surface area (Å²) in [6.45, 7) is 0. The number of H-pyrrole nitrogens is 1. The summed E-state index contributed by atoms with van der Waals surface area (Å²) in [7, 11) is -3.41. The first-order chi connectivity index (χ1) is 9.47. The molecule has 3 aromatic rings. The monoisotopic (exact) mass is 311 g/mol. The minimum Gasteiger partial charge on any atom is -0.387 e. The first kappa shape index (κ1) is 12.9. The van der Waals surface area contributed by atoms with E-state index in [1.807, 2.05) is 0 Å². The molecule has 7 nitrogen and oxygen atoms in total. The molecule has 0 amide bonds. The van der Waals surface area contributed by atoms with Gasteiger partial charge in [0.2, 0.25) is 0 Å². The maximum atomic E-state index is 11.9. The zero-order chi connectivity index (χ0) is 14.3. The second kappa shape index (κ2) is 4.46. The van der Waals surface area contributed by atoms with Crippen LogP contribution < -0.4 is 5.76 Å². The van der Waals surface area contributed by atoms with Gasteiger partial charge in [-0.3, -0.25) is 0 Å². The normalized spacial score (nSPS) is 11.8. The summed E-state index contributed by atoms with van der Waals surface area (Å²) in [4.78, 5) is 11.7. The van der Waals surface area contributed by atoms with E-state index in [2.05, 4.69) is 10.2 Å². The predicted molar refractivity (Wildman–Crippen MR) is 72.9 cm³/mol. The smallest absolute Gasteiger partial charge is 0.387 e. The van der Waals surface area contributed by atoms with Crippen molar-refractivity contribution < 1.29 is 12.8 Å². The molecule has 0 saturated carbocycles. The molecule has 0 fully saturated rings. The Bertz CT molecular complexity index is 900. The van der Waals surface area contributed by atoms with Gasteiger partial charge in [-0.1, -0.05) is 0 Å². The highest BCUT2D eigenvalue weighted by Crippen LogP contribution is 2.36. The minimum atomic E-state index is -3.41. The Labute approximate surface area is 117 Å². The zero-order valence-corrected chi connectivity index (χ0v) is 11.9. The van der Waals surface area contributed by atoms with Crippen molar-refractivity contribution in [3.05, 3.63) is 40.5 Å². The van der Waals surface area contributed by atoms with Gasteiger partial charge in [0, 0.05) is 24.0 Å². The van der Waals surface area contributed by atoms with Gasteiger partial charge in [-0.2, -0.15) is 0 Å². The summed E-state index contributed by atoms with van der Waals surface area (Å²) in [5, 5.41) is 7.42. The molecule has 0 aliphatic carbocycles. The second-order valence-electron chi connectivity index (χ2n) is 4.06. The van der Waals surface area contributed by atoms with E-state index in [1.165, 1.54) is 5.38 Å². The molecule has 0 bridgehead atoms. The number of sulfone groups is 1. The van der Waals surface area contributed by atoms with Crippen molar-refractivity contribution in [1.82, 2.24) is 14.8 Å². The number of nitrogens with zero attached hydrogens (tertiary/aromatic N) is 2. The zero-order valence-electron chi connectivity index (χ0n) is 10.2. The Morgan fingerprint density at radius 2 is 2.05 bits per heavy atom. The molecular formula is C11H9N3O4S2. The fraction of sp³-hybridized carbons (Fsp3) is 0.0909. The average Bonchev–Trinajstić information content (AvgIpc) is 3.05. The third-order valence-electron chi connectivity index (χ3n) is 2.63. The van der Waals surface area contributed by atoms with Crippen molar-refractivity contribution in [2.75, 3.05) is 6.26 Å². The molecule has 104 valence electrons. The number of aromatic nitrogens is 3. The molecule has 9 heteroatoms. The fourth-order valence-electron chi connectivity index (χ4n) is 1.81. The highest BCUT2D eigenvalue weighted by molar-refractivity contribution is 7.91. The van der Waals surface area contributed by atoms with E-state index < -0.39 is 15.6 Å². The van der Waals surface area contributed by atoms with Crippen molar-refractivity contribution in [3.63, 3.8) is 0 Å². The lowest BCUT2D eigenvalue weighted by Gasteiger charge is -2.05. The number of hydrogen-bond donors (Lipinski definition) is 1. The number of aromatic amines is 1. The molecule has 0 atom stereocenters. The molecule has 0 radical (unpaired) electrons. The molecule has 0 saturated heterocycles. The minimum absolute atomic E-state index is 0.0681. The van der Waals surface area contributed by atoms with Crippen LogP contribution in [0, 0.1) is 0 Å². The summed E-state index contributed by atoms with van der Waals surface area (Å²) in [6, 6.07) is 3.54. The molecule has 3 rings (SSSR count). The largest absolute Gasteiger partial charge is 0.434 e. The molecular weight excluding hydrogens is 302 g/mol. The van der Waals surface area contributed by atoms with E-state index >= 15 is 0 Å². The lowest BCUT2D eigenvalue weighted by Crippen LogP contribution is -2.02. The molecule has 0 spiro atoms. The maximum absolute atomic E-state index is 11.9. The van der Waals surface area contributed by atoms with Crippen molar-refractivity contribution in [1.29, 1.82) is 0 Å². The first-order valence-corrected chi connectivity index (χ1v) is 8.24. The lowest BCUT2D eigenvalue weighted by atomic mass is 10.4. The van der Waals surface area contributed by atoms with Gasteiger partial charge in [0.1, 0.15) is 9.77 Å². The van der Waals surface area contributed by atoms with Crippen molar-refractivity contribution in [2.24, 2.45) is 0 Å². The molecule has 20 heavy (non-hydrogen) atoms. The number of rotatable bonds is 3. The van der Waals surface area contributed by atoms with Crippen LogP contribution in [0.25, 0.3) is 16.5 Å². The van der Waals surface area contributed by atoms with Gasteiger partial charge in [-0.15, -0.1) is 16.4 Å². The highest BCUT2D eigenvalue weighted by Gasteiger charge is 2.24. The lowest BCUT2D eigenvalue weighted by molar-refractivity contribution is 0.528. The number of nitrogens with one attached hydrogen (secondary N) is 1. The Morgan fingerprint density at radius 1 is 1.35 bits per heavy atom. The maximum Gasteiger partial charge on any atom is 0.434 e. The summed E-state index contributed by atoms with van der Waals surface area (Å²) < 4.78 is 30.3. The quantitative estimate of drug-likeness (QED) is 0.786. The highest BCUT2D eigenvalue weighted by atomic mass is 32.2. The third kappa shape index (κ3) is 2.10. The predicted octanol–water partition coefficient (Wildman–Crippen LogP) is 1.29. The van der Waals surface area contributed by atoms with Crippen molar-refractivity contribution >= 4 is 21.2 Å².